The monoisotopic (exact) mass is 441 g/mol. The number of likely N-dealkylation sites (tertiary alicyclic amines) is 1. The molecular weight excluding hydrogens is 421 g/mol. The van der Waals surface area contributed by atoms with Crippen molar-refractivity contribution in [1.29, 1.82) is 0 Å². The number of carbonyl (C=O) groups is 1. The molecule has 0 radical (unpaired) electrons. The molecule has 1 fully saturated rings. The zero-order valence-corrected chi connectivity index (χ0v) is 17.8. The molecule has 25 heavy (non-hydrogen) atoms. The van der Waals surface area contributed by atoms with Crippen molar-refractivity contribution < 1.29 is 4.79 Å². The first kappa shape index (κ1) is 22.7. The van der Waals surface area contributed by atoms with E-state index in [-0.39, 0.29) is 42.8 Å². The molecular formula is C16H22Cl3N3OS2. The van der Waals surface area contributed by atoms with Gasteiger partial charge < -0.3 is 10.6 Å². The summed E-state index contributed by atoms with van der Waals surface area (Å²) in [5.41, 5.74) is 6.88. The van der Waals surface area contributed by atoms with Gasteiger partial charge in [0.05, 0.1) is 21.3 Å². The number of nitrogens with zero attached hydrogens (tertiary/aromatic N) is 2. The number of thiazole rings is 1. The maximum absolute atomic E-state index is 12.6. The van der Waals surface area contributed by atoms with Crippen molar-refractivity contribution in [3.8, 4) is 9.88 Å². The van der Waals surface area contributed by atoms with Crippen LogP contribution in [0.1, 0.15) is 31.9 Å². The Morgan fingerprint density at radius 3 is 2.84 bits per heavy atom. The summed E-state index contributed by atoms with van der Waals surface area (Å²) in [4.78, 5) is 20.2. The molecule has 0 bridgehead atoms. The van der Waals surface area contributed by atoms with Crippen LogP contribution in [-0.4, -0.2) is 34.4 Å². The second kappa shape index (κ2) is 10.1. The summed E-state index contributed by atoms with van der Waals surface area (Å²) in [5, 5.41) is 2.89. The molecule has 0 aliphatic carbocycles. The van der Waals surface area contributed by atoms with Crippen LogP contribution in [0.2, 0.25) is 4.34 Å². The lowest BCUT2D eigenvalue weighted by Crippen LogP contribution is -2.52. The molecule has 0 aromatic carbocycles. The SMILES string of the molecule is CC(N)C1CCCCN1C(=O)Cc1csc(-c2ccc(Cl)s2)n1.Cl.Cl. The summed E-state index contributed by atoms with van der Waals surface area (Å²) < 4.78 is 0.751. The lowest BCUT2D eigenvalue weighted by Gasteiger charge is -2.38. The largest absolute Gasteiger partial charge is 0.338 e. The summed E-state index contributed by atoms with van der Waals surface area (Å²) in [6.45, 7) is 2.79. The van der Waals surface area contributed by atoms with Crippen molar-refractivity contribution in [2.45, 2.75) is 44.7 Å². The smallest absolute Gasteiger partial charge is 0.228 e. The van der Waals surface area contributed by atoms with Crippen LogP contribution in [0.25, 0.3) is 9.88 Å². The predicted molar refractivity (Wildman–Crippen MR) is 112 cm³/mol. The van der Waals surface area contributed by atoms with E-state index in [0.717, 1.165) is 45.7 Å². The highest BCUT2D eigenvalue weighted by Gasteiger charge is 2.29. The highest BCUT2D eigenvalue weighted by molar-refractivity contribution is 7.23. The summed E-state index contributed by atoms with van der Waals surface area (Å²) in [6, 6.07) is 4.01. The van der Waals surface area contributed by atoms with E-state index in [1.54, 1.807) is 11.3 Å². The van der Waals surface area contributed by atoms with Crippen LogP contribution in [0, 0.1) is 0 Å². The third-order valence-electron chi connectivity index (χ3n) is 4.14. The van der Waals surface area contributed by atoms with E-state index in [1.807, 2.05) is 29.3 Å². The van der Waals surface area contributed by atoms with Gasteiger partial charge in [0.1, 0.15) is 5.01 Å². The first-order valence-electron chi connectivity index (χ1n) is 7.80. The van der Waals surface area contributed by atoms with Gasteiger partial charge in [-0.2, -0.15) is 0 Å². The third-order valence-corrected chi connectivity index (χ3v) is 6.44. The number of hydrogen-bond acceptors (Lipinski definition) is 5. The molecule has 1 saturated heterocycles. The fourth-order valence-corrected chi connectivity index (χ4v) is 4.94. The molecule has 0 saturated carbocycles. The topological polar surface area (TPSA) is 59.2 Å². The number of aromatic nitrogens is 1. The van der Waals surface area contributed by atoms with Gasteiger partial charge in [0, 0.05) is 24.0 Å². The average molecular weight is 443 g/mol. The predicted octanol–water partition coefficient (Wildman–Crippen LogP) is 4.64. The van der Waals surface area contributed by atoms with Gasteiger partial charge in [0.15, 0.2) is 0 Å². The van der Waals surface area contributed by atoms with Crippen LogP contribution in [-0.2, 0) is 11.2 Å². The fourth-order valence-electron chi connectivity index (χ4n) is 3.00. The molecule has 1 aliphatic heterocycles. The Hall–Kier alpha value is -0.370. The maximum atomic E-state index is 12.6. The quantitative estimate of drug-likeness (QED) is 0.750. The van der Waals surface area contributed by atoms with E-state index in [4.69, 9.17) is 17.3 Å². The average Bonchev–Trinajstić information content (AvgIpc) is 3.16. The van der Waals surface area contributed by atoms with Crippen molar-refractivity contribution in [1.82, 2.24) is 9.88 Å². The van der Waals surface area contributed by atoms with Crippen LogP contribution in [0.4, 0.5) is 0 Å². The normalized spacial score (nSPS) is 18.2. The molecule has 2 aromatic rings. The molecule has 0 spiro atoms. The standard InChI is InChI=1S/C16H20ClN3OS2.2ClH/c1-10(18)12-4-2-3-7-20(12)15(21)8-11-9-22-16(19-11)13-5-6-14(17)23-13;;/h5-6,9-10,12H,2-4,7-8,18H2,1H3;2*1H. The van der Waals surface area contributed by atoms with Gasteiger partial charge >= 0.3 is 0 Å². The van der Waals surface area contributed by atoms with Crippen LogP contribution < -0.4 is 5.73 Å². The van der Waals surface area contributed by atoms with E-state index in [2.05, 4.69) is 4.98 Å². The zero-order valence-electron chi connectivity index (χ0n) is 13.8. The molecule has 2 N–H and O–H groups in total. The molecule has 2 unspecified atom stereocenters. The number of piperidine rings is 1. The lowest BCUT2D eigenvalue weighted by molar-refractivity contribution is -0.134. The Morgan fingerprint density at radius 1 is 1.44 bits per heavy atom. The number of hydrogen-bond donors (Lipinski definition) is 1. The first-order valence-corrected chi connectivity index (χ1v) is 9.87. The summed E-state index contributed by atoms with van der Waals surface area (Å²) in [5.74, 6) is 0.132. The van der Waals surface area contributed by atoms with Gasteiger partial charge in [-0.3, -0.25) is 4.79 Å². The van der Waals surface area contributed by atoms with Gasteiger partial charge in [0.25, 0.3) is 0 Å². The second-order valence-electron chi connectivity index (χ2n) is 5.93. The van der Waals surface area contributed by atoms with Crippen molar-refractivity contribution in [3.05, 3.63) is 27.5 Å². The van der Waals surface area contributed by atoms with Crippen LogP contribution in [0.15, 0.2) is 17.5 Å². The van der Waals surface area contributed by atoms with Crippen LogP contribution in [0.3, 0.4) is 0 Å². The highest BCUT2D eigenvalue weighted by Crippen LogP contribution is 2.33. The Morgan fingerprint density at radius 2 is 2.20 bits per heavy atom. The Bertz CT molecular complexity index is 690. The molecule has 2 atom stereocenters. The number of amides is 1. The summed E-state index contributed by atoms with van der Waals surface area (Å²) >= 11 is 9.04. The minimum atomic E-state index is 0. The number of carbonyl (C=O) groups excluding carboxylic acids is 1. The van der Waals surface area contributed by atoms with Crippen LogP contribution >= 0.6 is 59.1 Å². The van der Waals surface area contributed by atoms with Gasteiger partial charge in [-0.05, 0) is 38.3 Å². The summed E-state index contributed by atoms with van der Waals surface area (Å²) in [7, 11) is 0. The van der Waals surface area contributed by atoms with Gasteiger partial charge in [-0.15, -0.1) is 47.5 Å². The number of thiophene rings is 1. The number of halogens is 3. The first-order chi connectivity index (χ1) is 11.0. The van der Waals surface area contributed by atoms with Crippen molar-refractivity contribution in [3.63, 3.8) is 0 Å². The minimum Gasteiger partial charge on any atom is -0.338 e. The van der Waals surface area contributed by atoms with Gasteiger partial charge in [-0.1, -0.05) is 11.6 Å². The van der Waals surface area contributed by atoms with E-state index >= 15 is 0 Å². The van der Waals surface area contributed by atoms with Crippen LogP contribution in [0.5, 0.6) is 0 Å². The zero-order chi connectivity index (χ0) is 16.4. The van der Waals surface area contributed by atoms with E-state index in [1.165, 1.54) is 11.3 Å². The number of nitrogens with two attached hydrogens (primary N) is 1. The Balaban J connectivity index is 0.00000156. The summed E-state index contributed by atoms with van der Waals surface area (Å²) in [6.07, 6.45) is 3.55. The molecule has 3 rings (SSSR count). The van der Waals surface area contributed by atoms with Crippen molar-refractivity contribution >= 4 is 65.0 Å². The van der Waals surface area contributed by atoms with Gasteiger partial charge in [-0.25, -0.2) is 4.98 Å². The van der Waals surface area contributed by atoms with E-state index in [0.29, 0.717) is 6.42 Å². The fraction of sp³-hybridized carbons (Fsp3) is 0.500. The Kier molecular flexibility index (Phi) is 9.15. The molecule has 3 heterocycles. The van der Waals surface area contributed by atoms with E-state index < -0.39 is 0 Å². The highest BCUT2D eigenvalue weighted by atomic mass is 35.5. The van der Waals surface area contributed by atoms with Crippen molar-refractivity contribution in [2.24, 2.45) is 5.73 Å². The molecule has 4 nitrogen and oxygen atoms in total. The maximum Gasteiger partial charge on any atom is 0.228 e. The van der Waals surface area contributed by atoms with Crippen molar-refractivity contribution in [2.75, 3.05) is 6.54 Å². The Labute approximate surface area is 173 Å². The molecule has 9 heteroatoms. The molecule has 140 valence electrons. The van der Waals surface area contributed by atoms with E-state index in [9.17, 15) is 4.79 Å². The third kappa shape index (κ3) is 5.55. The second-order valence-corrected chi connectivity index (χ2v) is 8.51. The molecule has 1 aliphatic rings. The molecule has 2 aromatic heterocycles. The molecule has 1 amide bonds. The lowest BCUT2D eigenvalue weighted by atomic mass is 9.96. The minimum absolute atomic E-state index is 0. The number of rotatable bonds is 4. The van der Waals surface area contributed by atoms with Gasteiger partial charge in [0.2, 0.25) is 5.91 Å².